The number of esters is 1. The van der Waals surface area contributed by atoms with Gasteiger partial charge in [0.05, 0.1) is 29.0 Å². The van der Waals surface area contributed by atoms with Gasteiger partial charge in [-0.25, -0.2) is 14.6 Å². The number of cyclic esters (lactones) is 1. The molecule has 1 N–H and O–H groups in total. The van der Waals surface area contributed by atoms with Gasteiger partial charge in [-0.05, 0) is 30.7 Å². The Labute approximate surface area is 174 Å². The largest absolute Gasteiger partial charge is 0.458 e. The number of ether oxygens (including phenoxy) is 2. The maximum absolute atomic E-state index is 13.1. The van der Waals surface area contributed by atoms with Crippen LogP contribution in [0, 0.1) is 0 Å². The second-order valence-electron chi connectivity index (χ2n) is 7.26. The third-order valence-electron chi connectivity index (χ3n) is 5.70. The molecule has 0 saturated heterocycles. The van der Waals surface area contributed by atoms with Gasteiger partial charge in [-0.15, -0.1) is 0 Å². The molecule has 8 nitrogen and oxygen atoms in total. The molecule has 3 aromatic rings. The number of nitrogens with zero attached hydrogens (tertiary/aromatic N) is 2. The number of benzene rings is 1. The zero-order valence-electron chi connectivity index (χ0n) is 15.8. The van der Waals surface area contributed by atoms with Gasteiger partial charge in [-0.3, -0.25) is 4.79 Å². The molecule has 2 aromatic heterocycles. The van der Waals surface area contributed by atoms with Crippen LogP contribution >= 0.6 is 11.6 Å². The van der Waals surface area contributed by atoms with E-state index in [2.05, 4.69) is 4.98 Å². The van der Waals surface area contributed by atoms with Crippen molar-refractivity contribution in [2.24, 2.45) is 0 Å². The number of carbonyl (C=O) groups is 2. The highest BCUT2D eigenvalue weighted by Gasteiger charge is 2.45. The van der Waals surface area contributed by atoms with Crippen molar-refractivity contribution in [3.05, 3.63) is 57.4 Å². The molecule has 152 valence electrons. The molecule has 0 bridgehead atoms. The van der Waals surface area contributed by atoms with E-state index in [9.17, 15) is 19.5 Å². The van der Waals surface area contributed by atoms with Crippen LogP contribution in [0.3, 0.4) is 0 Å². The van der Waals surface area contributed by atoms with E-state index in [4.69, 9.17) is 21.1 Å². The monoisotopic (exact) mass is 426 g/mol. The molecule has 0 aliphatic carbocycles. The second kappa shape index (κ2) is 6.38. The zero-order valence-corrected chi connectivity index (χ0v) is 16.5. The fourth-order valence-corrected chi connectivity index (χ4v) is 4.23. The minimum Gasteiger partial charge on any atom is -0.458 e. The van der Waals surface area contributed by atoms with E-state index >= 15 is 0 Å². The van der Waals surface area contributed by atoms with Crippen LogP contribution in [0.1, 0.15) is 30.0 Å². The molecular weight excluding hydrogens is 412 g/mol. The van der Waals surface area contributed by atoms with E-state index in [0.29, 0.717) is 22.3 Å². The predicted molar refractivity (Wildman–Crippen MR) is 106 cm³/mol. The van der Waals surface area contributed by atoms with Gasteiger partial charge in [0.25, 0.3) is 5.56 Å². The van der Waals surface area contributed by atoms with E-state index in [-0.39, 0.29) is 42.0 Å². The van der Waals surface area contributed by atoms with E-state index in [0.717, 1.165) is 5.56 Å². The highest BCUT2D eigenvalue weighted by molar-refractivity contribution is 6.61. The first kappa shape index (κ1) is 18.8. The molecule has 30 heavy (non-hydrogen) atoms. The molecule has 0 spiro atoms. The molecule has 1 atom stereocenters. The number of rotatable bonds is 2. The van der Waals surface area contributed by atoms with Gasteiger partial charge in [0.15, 0.2) is 5.60 Å². The minimum absolute atomic E-state index is 0.0763. The Morgan fingerprint density at radius 1 is 1.37 bits per heavy atom. The number of aromatic nitrogens is 2. The fourth-order valence-electron chi connectivity index (χ4n) is 4.15. The quantitative estimate of drug-likeness (QED) is 0.388. The standard InChI is InChI=1S/C21H15ClN2O6/c1-2-21(28)13-7-15-17-10(8-24(15)18(25)12(13)9-29-19(21)26)6-11-14(23-17)4-3-5-16(11)30-20(22)27/h3-7,28H,2,8-9H2,1H3/t21-/m0/s1. The zero-order chi connectivity index (χ0) is 21.2. The Bertz CT molecular complexity index is 1330. The molecule has 0 unspecified atom stereocenters. The SMILES string of the molecule is CC[C@@]1(O)C(=O)OCc2c1cc1n(c2=O)Cc2cc3c(OC(=O)Cl)cccc3nc2-1. The van der Waals surface area contributed by atoms with E-state index in [1.807, 2.05) is 0 Å². The summed E-state index contributed by atoms with van der Waals surface area (Å²) in [5.41, 5.74) is -0.279. The van der Waals surface area contributed by atoms with Crippen LogP contribution in [0.15, 0.2) is 35.1 Å². The Balaban J connectivity index is 1.75. The highest BCUT2D eigenvalue weighted by atomic mass is 35.5. The van der Waals surface area contributed by atoms with Gasteiger partial charge in [-0.1, -0.05) is 13.0 Å². The summed E-state index contributed by atoms with van der Waals surface area (Å²) < 4.78 is 11.7. The summed E-state index contributed by atoms with van der Waals surface area (Å²) >= 11 is 5.36. The van der Waals surface area contributed by atoms with Crippen LogP contribution in [0.25, 0.3) is 22.3 Å². The lowest BCUT2D eigenvalue weighted by molar-refractivity contribution is -0.172. The van der Waals surface area contributed by atoms with Gasteiger partial charge < -0.3 is 19.1 Å². The Morgan fingerprint density at radius 2 is 2.17 bits per heavy atom. The molecule has 9 heteroatoms. The fraction of sp³-hybridized carbons (Fsp3) is 0.238. The number of pyridine rings is 2. The lowest BCUT2D eigenvalue weighted by Gasteiger charge is -2.31. The first-order chi connectivity index (χ1) is 14.3. The highest BCUT2D eigenvalue weighted by Crippen LogP contribution is 2.39. The first-order valence-corrected chi connectivity index (χ1v) is 9.68. The number of aliphatic hydroxyl groups is 1. The molecule has 0 saturated carbocycles. The maximum Gasteiger partial charge on any atom is 0.409 e. The van der Waals surface area contributed by atoms with Crippen molar-refractivity contribution >= 4 is 33.9 Å². The Morgan fingerprint density at radius 3 is 2.90 bits per heavy atom. The summed E-state index contributed by atoms with van der Waals surface area (Å²) in [5, 5.41) is 11.5. The lowest BCUT2D eigenvalue weighted by atomic mass is 9.86. The molecule has 0 fully saturated rings. The van der Waals surface area contributed by atoms with Crippen LogP contribution in [0.2, 0.25) is 0 Å². The topological polar surface area (TPSA) is 108 Å². The van der Waals surface area contributed by atoms with E-state index in [1.165, 1.54) is 4.57 Å². The summed E-state index contributed by atoms with van der Waals surface area (Å²) in [4.78, 5) is 41.2. The van der Waals surface area contributed by atoms with Crippen molar-refractivity contribution in [2.45, 2.75) is 32.1 Å². The minimum atomic E-state index is -1.87. The smallest absolute Gasteiger partial charge is 0.409 e. The van der Waals surface area contributed by atoms with E-state index in [1.54, 1.807) is 37.3 Å². The number of carbonyl (C=O) groups excluding carboxylic acids is 2. The first-order valence-electron chi connectivity index (χ1n) is 9.30. The lowest BCUT2D eigenvalue weighted by Crippen LogP contribution is -2.44. The second-order valence-corrected chi connectivity index (χ2v) is 7.57. The molecule has 2 aliphatic heterocycles. The molecule has 4 heterocycles. The number of hydrogen-bond acceptors (Lipinski definition) is 7. The number of hydrogen-bond donors (Lipinski definition) is 1. The van der Waals surface area contributed by atoms with Gasteiger partial charge >= 0.3 is 11.4 Å². The van der Waals surface area contributed by atoms with Crippen molar-refractivity contribution in [1.82, 2.24) is 9.55 Å². The van der Waals surface area contributed by atoms with Crippen molar-refractivity contribution in [1.29, 1.82) is 0 Å². The molecular formula is C21H15ClN2O6. The number of fused-ring (bicyclic) bond motifs is 5. The van der Waals surface area contributed by atoms with Crippen LogP contribution in [0.5, 0.6) is 5.75 Å². The summed E-state index contributed by atoms with van der Waals surface area (Å²) in [6.07, 6.45) is 0.0763. The van der Waals surface area contributed by atoms with Gasteiger partial charge in [0, 0.05) is 28.1 Å². The van der Waals surface area contributed by atoms with Crippen LogP contribution in [-0.4, -0.2) is 26.1 Å². The summed E-state index contributed by atoms with van der Waals surface area (Å²) in [5.74, 6) is -0.496. The van der Waals surface area contributed by atoms with Crippen LogP contribution < -0.4 is 10.3 Å². The normalized spacial score (nSPS) is 19.1. The Kier molecular flexibility index (Phi) is 4.00. The summed E-state index contributed by atoms with van der Waals surface area (Å²) in [6.45, 7) is 1.72. The predicted octanol–water partition coefficient (Wildman–Crippen LogP) is 2.82. The van der Waals surface area contributed by atoms with E-state index < -0.39 is 17.0 Å². The van der Waals surface area contributed by atoms with Crippen molar-refractivity contribution < 1.29 is 24.2 Å². The number of halogens is 1. The third-order valence-corrected chi connectivity index (χ3v) is 5.78. The summed E-state index contributed by atoms with van der Waals surface area (Å²) in [6, 6.07) is 8.48. The average Bonchev–Trinajstić information content (AvgIpc) is 3.08. The molecule has 1 aromatic carbocycles. The third kappa shape index (κ3) is 2.50. The molecule has 5 rings (SSSR count). The molecule has 0 amide bonds. The van der Waals surface area contributed by atoms with Gasteiger partial charge in [0.1, 0.15) is 12.4 Å². The Hall–Kier alpha value is -3.23. The van der Waals surface area contributed by atoms with Gasteiger partial charge in [0.2, 0.25) is 0 Å². The maximum atomic E-state index is 13.1. The average molecular weight is 427 g/mol. The van der Waals surface area contributed by atoms with Crippen LogP contribution in [0.4, 0.5) is 4.79 Å². The van der Waals surface area contributed by atoms with Crippen molar-refractivity contribution in [2.75, 3.05) is 0 Å². The van der Waals surface area contributed by atoms with Gasteiger partial charge in [-0.2, -0.15) is 0 Å². The molecule has 0 radical (unpaired) electrons. The van der Waals surface area contributed by atoms with Crippen molar-refractivity contribution in [3.8, 4) is 17.1 Å². The molecule has 2 aliphatic rings. The van der Waals surface area contributed by atoms with Crippen molar-refractivity contribution in [3.63, 3.8) is 0 Å². The van der Waals surface area contributed by atoms with Crippen LogP contribution in [-0.2, 0) is 28.3 Å². The summed E-state index contributed by atoms with van der Waals surface area (Å²) in [7, 11) is 0.